The van der Waals surface area contributed by atoms with Gasteiger partial charge in [-0.3, -0.25) is 9.69 Å². The van der Waals surface area contributed by atoms with E-state index in [9.17, 15) is 9.59 Å². The molecule has 21 heavy (non-hydrogen) atoms. The summed E-state index contributed by atoms with van der Waals surface area (Å²) >= 11 is 0. The Labute approximate surface area is 125 Å². The molecule has 1 aromatic carbocycles. The van der Waals surface area contributed by atoms with Crippen molar-refractivity contribution in [2.45, 2.75) is 39.2 Å². The van der Waals surface area contributed by atoms with Crippen LogP contribution in [0.2, 0.25) is 0 Å². The number of carboxylic acids is 1. The van der Waals surface area contributed by atoms with Gasteiger partial charge in [-0.15, -0.1) is 0 Å². The highest BCUT2D eigenvalue weighted by molar-refractivity contribution is 5.94. The molecule has 0 saturated heterocycles. The van der Waals surface area contributed by atoms with Crippen molar-refractivity contribution in [3.8, 4) is 0 Å². The van der Waals surface area contributed by atoms with E-state index in [0.29, 0.717) is 6.54 Å². The van der Waals surface area contributed by atoms with E-state index in [1.165, 1.54) is 0 Å². The van der Waals surface area contributed by atoms with E-state index in [1.54, 1.807) is 9.80 Å². The fourth-order valence-corrected chi connectivity index (χ4v) is 2.61. The number of amides is 2. The van der Waals surface area contributed by atoms with E-state index in [4.69, 9.17) is 5.11 Å². The molecular weight excluding hydrogens is 268 g/mol. The van der Waals surface area contributed by atoms with Crippen molar-refractivity contribution in [2.24, 2.45) is 0 Å². The summed E-state index contributed by atoms with van der Waals surface area (Å²) in [4.78, 5) is 27.0. The zero-order valence-corrected chi connectivity index (χ0v) is 12.8. The molecule has 0 radical (unpaired) electrons. The van der Waals surface area contributed by atoms with Gasteiger partial charge in [0.1, 0.15) is 0 Å². The molecule has 0 unspecified atom stereocenters. The zero-order chi connectivity index (χ0) is 15.6. The molecule has 1 N–H and O–H groups in total. The predicted octanol–water partition coefficient (Wildman–Crippen LogP) is 2.74. The summed E-state index contributed by atoms with van der Waals surface area (Å²) in [6.07, 6.45) is 0.803. The summed E-state index contributed by atoms with van der Waals surface area (Å²) in [6.45, 7) is 6.65. The first-order valence-corrected chi connectivity index (χ1v) is 7.19. The highest BCUT2D eigenvalue weighted by atomic mass is 16.4. The SMILES string of the molecule is CC(C)(C)N(CCC(=O)O)C(=O)N1CCc2ccccc21. The molecular formula is C16H22N2O3. The number of para-hydroxylation sites is 1. The Bertz CT molecular complexity index is 549. The quantitative estimate of drug-likeness (QED) is 0.931. The van der Waals surface area contributed by atoms with Gasteiger partial charge in [-0.2, -0.15) is 0 Å². The van der Waals surface area contributed by atoms with Crippen LogP contribution in [0.4, 0.5) is 10.5 Å². The minimum Gasteiger partial charge on any atom is -0.481 e. The fraction of sp³-hybridized carbons (Fsp3) is 0.500. The Morgan fingerprint density at radius 2 is 1.95 bits per heavy atom. The van der Waals surface area contributed by atoms with Gasteiger partial charge < -0.3 is 10.0 Å². The van der Waals surface area contributed by atoms with E-state index in [-0.39, 0.29) is 19.0 Å². The summed E-state index contributed by atoms with van der Waals surface area (Å²) in [5, 5.41) is 8.88. The second kappa shape index (κ2) is 5.76. The number of hydrogen-bond donors (Lipinski definition) is 1. The predicted molar refractivity (Wildman–Crippen MR) is 81.6 cm³/mol. The third kappa shape index (κ3) is 3.35. The van der Waals surface area contributed by atoms with Gasteiger partial charge in [-0.25, -0.2) is 4.79 Å². The summed E-state index contributed by atoms with van der Waals surface area (Å²) in [6, 6.07) is 7.75. The molecule has 5 heteroatoms. The maximum absolute atomic E-state index is 12.8. The summed E-state index contributed by atoms with van der Waals surface area (Å²) in [5.41, 5.74) is 1.69. The Kier molecular flexibility index (Phi) is 4.21. The lowest BCUT2D eigenvalue weighted by Gasteiger charge is -2.38. The van der Waals surface area contributed by atoms with Gasteiger partial charge in [0, 0.05) is 24.3 Å². The number of anilines is 1. The minimum atomic E-state index is -0.890. The first-order chi connectivity index (χ1) is 9.80. The number of carboxylic acid groups (broad SMARTS) is 1. The van der Waals surface area contributed by atoms with Gasteiger partial charge in [0.15, 0.2) is 0 Å². The van der Waals surface area contributed by atoms with Crippen LogP contribution >= 0.6 is 0 Å². The van der Waals surface area contributed by atoms with Crippen LogP contribution in [0.3, 0.4) is 0 Å². The van der Waals surface area contributed by atoms with E-state index in [1.807, 2.05) is 45.0 Å². The molecule has 2 amide bonds. The standard InChI is InChI=1S/C16H22N2O3/c1-16(2,3)18(11-9-14(19)20)15(21)17-10-8-12-6-4-5-7-13(12)17/h4-7H,8-11H2,1-3H3,(H,19,20). The topological polar surface area (TPSA) is 60.9 Å². The van der Waals surface area contributed by atoms with Crippen LogP contribution in [0.1, 0.15) is 32.8 Å². The van der Waals surface area contributed by atoms with Crippen LogP contribution < -0.4 is 4.90 Å². The van der Waals surface area contributed by atoms with Crippen molar-refractivity contribution >= 4 is 17.7 Å². The van der Waals surface area contributed by atoms with Crippen LogP contribution in [-0.4, -0.2) is 40.6 Å². The van der Waals surface area contributed by atoms with Crippen LogP contribution in [0.5, 0.6) is 0 Å². The molecule has 1 aliphatic heterocycles. The number of fused-ring (bicyclic) bond motifs is 1. The Morgan fingerprint density at radius 1 is 1.29 bits per heavy atom. The number of hydrogen-bond acceptors (Lipinski definition) is 2. The van der Waals surface area contributed by atoms with Crippen molar-refractivity contribution in [2.75, 3.05) is 18.0 Å². The molecule has 0 atom stereocenters. The average Bonchev–Trinajstić information content (AvgIpc) is 2.80. The van der Waals surface area contributed by atoms with Crippen LogP contribution in [0.25, 0.3) is 0 Å². The molecule has 0 aliphatic carbocycles. The maximum atomic E-state index is 12.8. The third-order valence-electron chi connectivity index (χ3n) is 3.71. The summed E-state index contributed by atoms with van der Waals surface area (Å²) < 4.78 is 0. The van der Waals surface area contributed by atoms with Crippen molar-refractivity contribution in [1.29, 1.82) is 0 Å². The average molecular weight is 290 g/mol. The van der Waals surface area contributed by atoms with Crippen molar-refractivity contribution in [1.82, 2.24) is 4.90 Å². The smallest absolute Gasteiger partial charge is 0.324 e. The molecule has 0 bridgehead atoms. The van der Waals surface area contributed by atoms with Gasteiger partial charge >= 0.3 is 12.0 Å². The summed E-state index contributed by atoms with van der Waals surface area (Å²) in [5.74, 6) is -0.890. The molecule has 5 nitrogen and oxygen atoms in total. The monoisotopic (exact) mass is 290 g/mol. The number of benzene rings is 1. The number of carbonyl (C=O) groups excluding carboxylic acids is 1. The third-order valence-corrected chi connectivity index (χ3v) is 3.71. The molecule has 1 aromatic rings. The lowest BCUT2D eigenvalue weighted by molar-refractivity contribution is -0.137. The van der Waals surface area contributed by atoms with Gasteiger partial charge in [0.25, 0.3) is 0 Å². The molecule has 1 aliphatic rings. The molecule has 0 aromatic heterocycles. The lowest BCUT2D eigenvalue weighted by atomic mass is 10.1. The molecule has 0 spiro atoms. The van der Waals surface area contributed by atoms with Gasteiger partial charge in [0.2, 0.25) is 0 Å². The van der Waals surface area contributed by atoms with Gasteiger partial charge in [0.05, 0.1) is 6.42 Å². The Morgan fingerprint density at radius 3 is 2.57 bits per heavy atom. The normalized spacial score (nSPS) is 14.0. The number of rotatable bonds is 3. The molecule has 2 rings (SSSR count). The first-order valence-electron chi connectivity index (χ1n) is 7.19. The molecule has 1 heterocycles. The lowest BCUT2D eigenvalue weighted by Crippen LogP contribution is -2.52. The molecule has 114 valence electrons. The Balaban J connectivity index is 2.21. The van der Waals surface area contributed by atoms with Crippen LogP contribution in [0, 0.1) is 0 Å². The highest BCUT2D eigenvalue weighted by Gasteiger charge is 2.33. The van der Waals surface area contributed by atoms with Crippen molar-refractivity contribution in [3.63, 3.8) is 0 Å². The zero-order valence-electron chi connectivity index (χ0n) is 12.8. The number of urea groups is 1. The maximum Gasteiger partial charge on any atom is 0.324 e. The second-order valence-corrected chi connectivity index (χ2v) is 6.28. The van der Waals surface area contributed by atoms with E-state index in [0.717, 1.165) is 17.7 Å². The molecule has 0 fully saturated rings. The fourth-order valence-electron chi connectivity index (χ4n) is 2.61. The Hall–Kier alpha value is -2.04. The largest absolute Gasteiger partial charge is 0.481 e. The van der Waals surface area contributed by atoms with E-state index >= 15 is 0 Å². The molecule has 0 saturated carbocycles. The summed E-state index contributed by atoms with van der Waals surface area (Å²) in [7, 11) is 0. The van der Waals surface area contributed by atoms with Crippen LogP contribution in [-0.2, 0) is 11.2 Å². The van der Waals surface area contributed by atoms with Crippen molar-refractivity contribution in [3.05, 3.63) is 29.8 Å². The van der Waals surface area contributed by atoms with Gasteiger partial charge in [-0.1, -0.05) is 18.2 Å². The number of carbonyl (C=O) groups is 2. The van der Waals surface area contributed by atoms with Crippen LogP contribution in [0.15, 0.2) is 24.3 Å². The second-order valence-electron chi connectivity index (χ2n) is 6.28. The number of aliphatic carboxylic acids is 1. The highest BCUT2D eigenvalue weighted by Crippen LogP contribution is 2.30. The first kappa shape index (κ1) is 15.4. The van der Waals surface area contributed by atoms with Crippen molar-refractivity contribution < 1.29 is 14.7 Å². The minimum absolute atomic E-state index is 0.0432. The van der Waals surface area contributed by atoms with E-state index < -0.39 is 11.5 Å². The van der Waals surface area contributed by atoms with E-state index in [2.05, 4.69) is 0 Å². The van der Waals surface area contributed by atoms with Gasteiger partial charge in [-0.05, 0) is 38.8 Å². The number of nitrogens with zero attached hydrogens (tertiary/aromatic N) is 2.